The summed E-state index contributed by atoms with van der Waals surface area (Å²) in [6.45, 7) is 0. The molecule has 0 spiro atoms. The van der Waals surface area contributed by atoms with Crippen LogP contribution >= 0.6 is 0 Å². The molecule has 0 atom stereocenters. The van der Waals surface area contributed by atoms with Gasteiger partial charge in [-0.15, -0.1) is 0 Å². The molecule has 1 fully saturated rings. The van der Waals surface area contributed by atoms with Crippen LogP contribution in [0.25, 0.3) is 0 Å². The van der Waals surface area contributed by atoms with E-state index >= 15 is 0 Å². The molecule has 0 aromatic heterocycles. The van der Waals surface area contributed by atoms with Gasteiger partial charge in [0, 0.05) is 12.8 Å². The van der Waals surface area contributed by atoms with Crippen molar-refractivity contribution in [2.45, 2.75) is 38.5 Å². The van der Waals surface area contributed by atoms with Crippen LogP contribution < -0.4 is 4.74 Å². The summed E-state index contributed by atoms with van der Waals surface area (Å²) in [5.74, 6) is 0.797. The van der Waals surface area contributed by atoms with Gasteiger partial charge in [-0.2, -0.15) is 0 Å². The molecular formula is C16H20O3. The molecule has 1 aromatic rings. The lowest BCUT2D eigenvalue weighted by Crippen LogP contribution is -2.28. The minimum atomic E-state index is -0.334. The molecule has 102 valence electrons. The fourth-order valence-corrected chi connectivity index (χ4v) is 2.63. The first-order valence-corrected chi connectivity index (χ1v) is 6.89. The highest BCUT2D eigenvalue weighted by Gasteiger charge is 2.28. The number of methoxy groups -OCH3 is 1. The van der Waals surface area contributed by atoms with Crippen LogP contribution in [0, 0.1) is 5.92 Å². The maximum absolute atomic E-state index is 11.7. The average Bonchev–Trinajstić information content (AvgIpc) is 2.42. The van der Waals surface area contributed by atoms with E-state index in [1.54, 1.807) is 7.11 Å². The molecular weight excluding hydrogens is 240 g/mol. The Bertz CT molecular complexity index is 449. The van der Waals surface area contributed by atoms with Gasteiger partial charge in [0.25, 0.3) is 0 Å². The molecule has 3 nitrogen and oxygen atoms in total. The first-order valence-electron chi connectivity index (χ1n) is 6.89. The molecule has 0 amide bonds. The van der Waals surface area contributed by atoms with Gasteiger partial charge in [0.15, 0.2) is 0 Å². The second-order valence-corrected chi connectivity index (χ2v) is 5.08. The van der Waals surface area contributed by atoms with Crippen molar-refractivity contribution in [3.63, 3.8) is 0 Å². The van der Waals surface area contributed by atoms with Gasteiger partial charge in [-0.3, -0.25) is 9.59 Å². The van der Waals surface area contributed by atoms with E-state index in [1.165, 1.54) is 5.56 Å². The normalized spacial score (nSPS) is 16.7. The maximum Gasteiger partial charge on any atom is 0.143 e. The summed E-state index contributed by atoms with van der Waals surface area (Å²) >= 11 is 0. The molecule has 1 aliphatic carbocycles. The Morgan fingerprint density at radius 3 is 2.63 bits per heavy atom. The molecule has 1 aliphatic rings. The summed E-state index contributed by atoms with van der Waals surface area (Å²) < 4.78 is 5.18. The van der Waals surface area contributed by atoms with Gasteiger partial charge >= 0.3 is 0 Å². The predicted molar refractivity (Wildman–Crippen MR) is 73.3 cm³/mol. The summed E-state index contributed by atoms with van der Waals surface area (Å²) in [7, 11) is 1.65. The van der Waals surface area contributed by atoms with E-state index in [4.69, 9.17) is 4.74 Å². The second-order valence-electron chi connectivity index (χ2n) is 5.08. The molecule has 0 radical (unpaired) electrons. The molecule has 2 rings (SSSR count). The van der Waals surface area contributed by atoms with Crippen LogP contribution in [0.3, 0.4) is 0 Å². The smallest absolute Gasteiger partial charge is 0.143 e. The number of hydrogen-bond donors (Lipinski definition) is 0. The van der Waals surface area contributed by atoms with E-state index in [1.807, 2.05) is 24.3 Å². The SMILES string of the molecule is COc1cccc(CCCC2C(=O)CCCC2=O)c1. The number of ketones is 2. The van der Waals surface area contributed by atoms with E-state index in [2.05, 4.69) is 0 Å². The number of rotatable bonds is 5. The zero-order valence-electron chi connectivity index (χ0n) is 11.4. The van der Waals surface area contributed by atoms with Gasteiger partial charge in [-0.25, -0.2) is 0 Å². The van der Waals surface area contributed by atoms with E-state index in [0.29, 0.717) is 19.3 Å². The average molecular weight is 260 g/mol. The summed E-state index contributed by atoms with van der Waals surface area (Å²) in [4.78, 5) is 23.4. The zero-order valence-corrected chi connectivity index (χ0v) is 11.4. The van der Waals surface area contributed by atoms with Gasteiger partial charge in [0.2, 0.25) is 0 Å². The van der Waals surface area contributed by atoms with Crippen molar-refractivity contribution in [2.75, 3.05) is 7.11 Å². The molecule has 0 bridgehead atoms. The van der Waals surface area contributed by atoms with Crippen molar-refractivity contribution < 1.29 is 14.3 Å². The van der Waals surface area contributed by atoms with Crippen molar-refractivity contribution in [3.05, 3.63) is 29.8 Å². The molecule has 1 saturated carbocycles. The van der Waals surface area contributed by atoms with Crippen molar-refractivity contribution in [1.82, 2.24) is 0 Å². The highest BCUT2D eigenvalue weighted by Crippen LogP contribution is 2.23. The summed E-state index contributed by atoms with van der Waals surface area (Å²) in [5.41, 5.74) is 1.19. The third-order valence-corrected chi connectivity index (χ3v) is 3.72. The Hall–Kier alpha value is -1.64. The highest BCUT2D eigenvalue weighted by atomic mass is 16.5. The number of carbonyl (C=O) groups excluding carboxylic acids is 2. The summed E-state index contributed by atoms with van der Waals surface area (Å²) in [6, 6.07) is 7.93. The fourth-order valence-electron chi connectivity index (χ4n) is 2.63. The second kappa shape index (κ2) is 6.50. The lowest BCUT2D eigenvalue weighted by atomic mass is 9.83. The van der Waals surface area contributed by atoms with E-state index in [-0.39, 0.29) is 17.5 Å². The number of carbonyl (C=O) groups is 2. The zero-order chi connectivity index (χ0) is 13.7. The molecule has 0 unspecified atom stereocenters. The van der Waals surface area contributed by atoms with Crippen LogP contribution in [0.1, 0.15) is 37.7 Å². The first-order chi connectivity index (χ1) is 9.20. The summed E-state index contributed by atoms with van der Waals surface area (Å²) in [6.07, 6.45) is 4.34. The van der Waals surface area contributed by atoms with Gasteiger partial charge in [0.1, 0.15) is 17.3 Å². The molecule has 0 N–H and O–H groups in total. The van der Waals surface area contributed by atoms with Crippen molar-refractivity contribution >= 4 is 11.6 Å². The van der Waals surface area contributed by atoms with E-state index < -0.39 is 0 Å². The van der Waals surface area contributed by atoms with Gasteiger partial charge in [-0.05, 0) is 43.4 Å². The Morgan fingerprint density at radius 2 is 1.95 bits per heavy atom. The van der Waals surface area contributed by atoms with Crippen LogP contribution in [0.15, 0.2) is 24.3 Å². The molecule has 0 aliphatic heterocycles. The van der Waals surface area contributed by atoms with Crippen LogP contribution in [0.4, 0.5) is 0 Å². The number of ether oxygens (including phenoxy) is 1. The van der Waals surface area contributed by atoms with E-state index in [9.17, 15) is 9.59 Å². The highest BCUT2D eigenvalue weighted by molar-refractivity contribution is 6.04. The molecule has 0 saturated heterocycles. The number of hydrogen-bond acceptors (Lipinski definition) is 3. The lowest BCUT2D eigenvalue weighted by Gasteiger charge is -2.19. The predicted octanol–water partition coefficient (Wildman–Crippen LogP) is 2.96. The number of aryl methyl sites for hydroxylation is 1. The van der Waals surface area contributed by atoms with E-state index in [0.717, 1.165) is 25.0 Å². The van der Waals surface area contributed by atoms with Crippen LogP contribution in [0.2, 0.25) is 0 Å². The monoisotopic (exact) mass is 260 g/mol. The van der Waals surface area contributed by atoms with Gasteiger partial charge in [0.05, 0.1) is 13.0 Å². The lowest BCUT2D eigenvalue weighted by molar-refractivity contribution is -0.135. The Kier molecular flexibility index (Phi) is 4.72. The van der Waals surface area contributed by atoms with Crippen molar-refractivity contribution in [1.29, 1.82) is 0 Å². The standard InChI is InChI=1S/C16H20O3/c1-19-13-7-2-5-12(11-13)6-3-8-14-15(17)9-4-10-16(14)18/h2,5,7,11,14H,3-4,6,8-10H2,1H3. The number of benzene rings is 1. The molecule has 19 heavy (non-hydrogen) atoms. The van der Waals surface area contributed by atoms with Gasteiger partial charge in [-0.1, -0.05) is 12.1 Å². The topological polar surface area (TPSA) is 43.4 Å². The Morgan fingerprint density at radius 1 is 1.21 bits per heavy atom. The maximum atomic E-state index is 11.7. The third kappa shape index (κ3) is 3.66. The third-order valence-electron chi connectivity index (χ3n) is 3.72. The summed E-state index contributed by atoms with van der Waals surface area (Å²) in [5, 5.41) is 0. The fraction of sp³-hybridized carbons (Fsp3) is 0.500. The Labute approximate surface area is 114 Å². The van der Waals surface area contributed by atoms with Crippen molar-refractivity contribution in [2.24, 2.45) is 5.92 Å². The largest absolute Gasteiger partial charge is 0.497 e. The molecule has 0 heterocycles. The number of Topliss-reactive ketones (excluding diaryl/α,β-unsaturated/α-hetero) is 2. The quantitative estimate of drug-likeness (QED) is 0.764. The first kappa shape index (κ1) is 13.8. The molecule has 3 heteroatoms. The minimum absolute atomic E-state index is 0.141. The van der Waals surface area contributed by atoms with Gasteiger partial charge < -0.3 is 4.74 Å². The van der Waals surface area contributed by atoms with Crippen LogP contribution in [0.5, 0.6) is 5.75 Å². The molecule has 1 aromatic carbocycles. The van der Waals surface area contributed by atoms with Crippen molar-refractivity contribution in [3.8, 4) is 5.75 Å². The van der Waals surface area contributed by atoms with Crippen LogP contribution in [-0.2, 0) is 16.0 Å². The minimum Gasteiger partial charge on any atom is -0.497 e. The van der Waals surface area contributed by atoms with Crippen LogP contribution in [-0.4, -0.2) is 18.7 Å². The Balaban J connectivity index is 1.85.